The lowest BCUT2D eigenvalue weighted by Gasteiger charge is -2.07. The average Bonchev–Trinajstić information content (AvgIpc) is 3.14. The number of halogens is 2. The summed E-state index contributed by atoms with van der Waals surface area (Å²) in [4.78, 5) is 11.9. The quantitative estimate of drug-likeness (QED) is 0.607. The molecule has 6 nitrogen and oxygen atoms in total. The zero-order chi connectivity index (χ0) is 19.4. The van der Waals surface area contributed by atoms with Crippen LogP contribution in [0.2, 0.25) is 0 Å². The van der Waals surface area contributed by atoms with Crippen LogP contribution in [0.5, 0.6) is 11.5 Å². The molecule has 0 amide bonds. The van der Waals surface area contributed by atoms with Crippen LogP contribution < -0.4 is 9.47 Å². The third-order valence-electron chi connectivity index (χ3n) is 3.73. The van der Waals surface area contributed by atoms with Crippen molar-refractivity contribution >= 4 is 5.97 Å². The van der Waals surface area contributed by atoms with Gasteiger partial charge in [-0.1, -0.05) is 5.16 Å². The van der Waals surface area contributed by atoms with Crippen molar-refractivity contribution in [2.45, 2.75) is 6.61 Å². The monoisotopic (exact) mass is 375 g/mol. The number of hydrogen-bond acceptors (Lipinski definition) is 6. The van der Waals surface area contributed by atoms with Crippen LogP contribution in [0, 0.1) is 11.6 Å². The fourth-order valence-corrected chi connectivity index (χ4v) is 2.38. The van der Waals surface area contributed by atoms with E-state index in [1.807, 2.05) is 0 Å². The van der Waals surface area contributed by atoms with Crippen molar-refractivity contribution in [3.8, 4) is 22.8 Å². The van der Waals surface area contributed by atoms with Gasteiger partial charge in [-0.3, -0.25) is 0 Å². The molecule has 0 aliphatic heterocycles. The highest BCUT2D eigenvalue weighted by Crippen LogP contribution is 2.32. The van der Waals surface area contributed by atoms with Crippen molar-refractivity contribution in [3.05, 3.63) is 65.4 Å². The largest absolute Gasteiger partial charge is 0.493 e. The molecule has 0 saturated carbocycles. The van der Waals surface area contributed by atoms with E-state index in [9.17, 15) is 13.6 Å². The average molecular weight is 375 g/mol. The molecule has 0 saturated heterocycles. The van der Waals surface area contributed by atoms with Gasteiger partial charge in [0.1, 0.15) is 23.9 Å². The van der Waals surface area contributed by atoms with Crippen molar-refractivity contribution in [2.75, 3.05) is 14.2 Å². The van der Waals surface area contributed by atoms with Crippen LogP contribution in [0.3, 0.4) is 0 Å². The summed E-state index contributed by atoms with van der Waals surface area (Å²) in [6.07, 6.45) is 0. The minimum atomic E-state index is -0.994. The van der Waals surface area contributed by atoms with Gasteiger partial charge in [0.25, 0.3) is 0 Å². The van der Waals surface area contributed by atoms with E-state index in [0.29, 0.717) is 34.6 Å². The van der Waals surface area contributed by atoms with Crippen molar-refractivity contribution < 1.29 is 32.3 Å². The summed E-state index contributed by atoms with van der Waals surface area (Å²) in [6, 6.07) is 9.37. The van der Waals surface area contributed by atoms with Crippen LogP contribution in [0.25, 0.3) is 11.3 Å². The first kappa shape index (κ1) is 18.4. The summed E-state index contributed by atoms with van der Waals surface area (Å²) in [5.74, 6) is -1.19. The number of benzene rings is 2. The Hall–Kier alpha value is -3.42. The van der Waals surface area contributed by atoms with Crippen LogP contribution in [0.1, 0.15) is 16.1 Å². The van der Waals surface area contributed by atoms with Crippen molar-refractivity contribution in [3.63, 3.8) is 0 Å². The highest BCUT2D eigenvalue weighted by Gasteiger charge is 2.16. The predicted molar refractivity (Wildman–Crippen MR) is 90.5 cm³/mol. The topological polar surface area (TPSA) is 70.8 Å². The second-order valence-corrected chi connectivity index (χ2v) is 5.45. The van der Waals surface area contributed by atoms with E-state index in [1.54, 1.807) is 24.3 Å². The molecular weight excluding hydrogens is 360 g/mol. The van der Waals surface area contributed by atoms with Crippen LogP contribution >= 0.6 is 0 Å². The first-order chi connectivity index (χ1) is 13.0. The maximum atomic E-state index is 13.6. The molecular formula is C19H15F2NO5. The van der Waals surface area contributed by atoms with Gasteiger partial charge in [0, 0.05) is 17.7 Å². The normalized spacial score (nSPS) is 10.5. The molecule has 1 aromatic heterocycles. The Bertz CT molecular complexity index is 970. The minimum Gasteiger partial charge on any atom is -0.493 e. The van der Waals surface area contributed by atoms with Crippen LogP contribution in [0.15, 0.2) is 47.0 Å². The van der Waals surface area contributed by atoms with Gasteiger partial charge in [-0.25, -0.2) is 13.6 Å². The standard InChI is InChI=1S/C19H15F2NO5/c1-24-16-6-3-11(7-18(16)25-2)17-9-13(22-27-17)10-26-19(23)14-5-4-12(20)8-15(14)21/h3-9H,10H2,1-2H3. The van der Waals surface area contributed by atoms with E-state index < -0.39 is 17.6 Å². The van der Waals surface area contributed by atoms with Crippen LogP contribution in [-0.4, -0.2) is 25.3 Å². The Labute approximate surface area is 153 Å². The summed E-state index contributed by atoms with van der Waals surface area (Å²) in [6.45, 7) is -0.230. The molecule has 0 fully saturated rings. The molecule has 27 heavy (non-hydrogen) atoms. The van der Waals surface area contributed by atoms with Crippen molar-refractivity contribution in [2.24, 2.45) is 0 Å². The molecule has 2 aromatic carbocycles. The van der Waals surface area contributed by atoms with Gasteiger partial charge in [-0.05, 0) is 30.3 Å². The lowest BCUT2D eigenvalue weighted by atomic mass is 10.1. The van der Waals surface area contributed by atoms with E-state index in [4.69, 9.17) is 18.7 Å². The molecule has 0 spiro atoms. The molecule has 0 aliphatic carbocycles. The summed E-state index contributed by atoms with van der Waals surface area (Å²) < 4.78 is 47.1. The zero-order valence-electron chi connectivity index (χ0n) is 14.5. The number of nitrogens with zero attached hydrogens (tertiary/aromatic N) is 1. The molecule has 0 N–H and O–H groups in total. The first-order valence-corrected chi connectivity index (χ1v) is 7.82. The van der Waals surface area contributed by atoms with Crippen LogP contribution in [0.4, 0.5) is 8.78 Å². The summed E-state index contributed by atoms with van der Waals surface area (Å²) in [5, 5.41) is 3.81. The van der Waals surface area contributed by atoms with E-state index in [-0.39, 0.29) is 12.2 Å². The SMILES string of the molecule is COc1ccc(-c2cc(COC(=O)c3ccc(F)cc3F)no2)cc1OC. The molecule has 0 bridgehead atoms. The fraction of sp³-hybridized carbons (Fsp3) is 0.158. The molecule has 0 atom stereocenters. The Balaban J connectivity index is 1.70. The maximum Gasteiger partial charge on any atom is 0.341 e. The molecule has 0 aliphatic rings. The number of rotatable bonds is 6. The Kier molecular flexibility index (Phi) is 5.35. The van der Waals surface area contributed by atoms with Crippen LogP contribution in [-0.2, 0) is 11.3 Å². The highest BCUT2D eigenvalue weighted by molar-refractivity contribution is 5.89. The van der Waals surface area contributed by atoms with Gasteiger partial charge in [0.05, 0.1) is 19.8 Å². The molecule has 140 valence electrons. The Morgan fingerprint density at radius 3 is 2.52 bits per heavy atom. The molecule has 8 heteroatoms. The summed E-state index contributed by atoms with van der Waals surface area (Å²) in [7, 11) is 3.05. The lowest BCUT2D eigenvalue weighted by molar-refractivity contribution is 0.0459. The number of aromatic nitrogens is 1. The van der Waals surface area contributed by atoms with Gasteiger partial charge in [0.2, 0.25) is 0 Å². The predicted octanol–water partition coefficient (Wildman–Crippen LogP) is 3.99. The molecule has 0 unspecified atom stereocenters. The van der Waals surface area contributed by atoms with Gasteiger partial charge in [-0.15, -0.1) is 0 Å². The van der Waals surface area contributed by atoms with Gasteiger partial charge in [0.15, 0.2) is 17.3 Å². The third kappa shape index (κ3) is 4.05. The smallest absolute Gasteiger partial charge is 0.341 e. The second-order valence-electron chi connectivity index (χ2n) is 5.45. The van der Waals surface area contributed by atoms with Gasteiger partial charge >= 0.3 is 5.97 Å². The third-order valence-corrected chi connectivity index (χ3v) is 3.73. The number of ether oxygens (including phenoxy) is 3. The van der Waals surface area contributed by atoms with E-state index in [1.165, 1.54) is 14.2 Å². The molecule has 3 aromatic rings. The first-order valence-electron chi connectivity index (χ1n) is 7.82. The molecule has 1 heterocycles. The zero-order valence-corrected chi connectivity index (χ0v) is 14.5. The van der Waals surface area contributed by atoms with E-state index >= 15 is 0 Å². The number of methoxy groups -OCH3 is 2. The van der Waals surface area contributed by atoms with Crippen molar-refractivity contribution in [1.82, 2.24) is 5.16 Å². The van der Waals surface area contributed by atoms with Crippen molar-refractivity contribution in [1.29, 1.82) is 0 Å². The second kappa shape index (κ2) is 7.86. The highest BCUT2D eigenvalue weighted by atomic mass is 19.1. The van der Waals surface area contributed by atoms with E-state index in [2.05, 4.69) is 5.16 Å². The lowest BCUT2D eigenvalue weighted by Crippen LogP contribution is -2.08. The summed E-state index contributed by atoms with van der Waals surface area (Å²) >= 11 is 0. The number of carbonyl (C=O) groups is 1. The maximum absolute atomic E-state index is 13.6. The number of carbonyl (C=O) groups excluding carboxylic acids is 1. The van der Waals surface area contributed by atoms with E-state index in [0.717, 1.165) is 12.1 Å². The number of esters is 1. The Morgan fingerprint density at radius 1 is 1.04 bits per heavy atom. The van der Waals surface area contributed by atoms with Gasteiger partial charge < -0.3 is 18.7 Å². The minimum absolute atomic E-state index is 0.230. The summed E-state index contributed by atoms with van der Waals surface area (Å²) in [5.41, 5.74) is 0.651. The molecule has 3 rings (SSSR count). The fourth-order valence-electron chi connectivity index (χ4n) is 2.38. The Morgan fingerprint density at radius 2 is 1.81 bits per heavy atom. The van der Waals surface area contributed by atoms with Gasteiger partial charge in [-0.2, -0.15) is 0 Å². The number of hydrogen-bond donors (Lipinski definition) is 0. The molecule has 0 radical (unpaired) electrons.